The molecule has 0 unspecified atom stereocenters. The van der Waals surface area contributed by atoms with E-state index in [4.69, 9.17) is 25.2 Å². The van der Waals surface area contributed by atoms with Crippen molar-refractivity contribution in [1.82, 2.24) is 43.6 Å². The number of anilines is 2. The van der Waals surface area contributed by atoms with Gasteiger partial charge in [-0.25, -0.2) is 14.8 Å². The van der Waals surface area contributed by atoms with E-state index in [-0.39, 0.29) is 61.2 Å². The fourth-order valence-corrected chi connectivity index (χ4v) is 8.65. The van der Waals surface area contributed by atoms with E-state index in [0.717, 1.165) is 5.56 Å². The number of esters is 1. The van der Waals surface area contributed by atoms with Crippen LogP contribution < -0.4 is 21.1 Å². The zero-order valence-corrected chi connectivity index (χ0v) is 41.3. The zero-order chi connectivity index (χ0) is 51.8. The summed E-state index contributed by atoms with van der Waals surface area (Å²) < 4.78 is 18.3. The van der Waals surface area contributed by atoms with Crippen molar-refractivity contribution in [1.29, 1.82) is 0 Å². The van der Waals surface area contributed by atoms with Crippen LogP contribution in [0.15, 0.2) is 84.9 Å². The number of allylic oxidation sites excluding steroid dienone is 2. The molecule has 0 atom stereocenters. The molecule has 3 aromatic carbocycles. The highest BCUT2D eigenvalue weighted by Gasteiger charge is 2.28. The number of hydrogen-bond acceptors (Lipinski definition) is 12. The maximum atomic E-state index is 13.9. The SMILES string of the molecule is CCn1nc(C)cc1C(=O)Nc1nc2cc(C(C)=O)ccc2n1C/C=C/Cn1c(NC(=O)c2cc(C)nn2CC)nc2cc(C(N)=O)cc(OCC#CCC3CCN(C(=O)C(=O)OCc4ccccc4)CC3)c21. The Labute approximate surface area is 420 Å². The molecule has 0 aliphatic carbocycles. The van der Waals surface area contributed by atoms with Crippen molar-refractivity contribution in [3.63, 3.8) is 0 Å². The molecule has 1 aliphatic heterocycles. The molecule has 8 rings (SSSR count). The molecule has 376 valence electrons. The summed E-state index contributed by atoms with van der Waals surface area (Å²) in [5, 5.41) is 14.7. The first kappa shape index (κ1) is 50.5. The van der Waals surface area contributed by atoms with E-state index in [1.807, 2.05) is 67.8 Å². The predicted molar refractivity (Wildman–Crippen MR) is 272 cm³/mol. The summed E-state index contributed by atoms with van der Waals surface area (Å²) in [5.74, 6) is 3.87. The van der Waals surface area contributed by atoms with Gasteiger partial charge >= 0.3 is 11.9 Å². The number of nitrogens with zero attached hydrogens (tertiary/aromatic N) is 9. The van der Waals surface area contributed by atoms with Crippen LogP contribution in [0.1, 0.15) is 98.7 Å². The molecule has 0 spiro atoms. The number of carbonyl (C=O) groups excluding carboxylic acids is 6. The van der Waals surface area contributed by atoms with E-state index < -0.39 is 29.6 Å². The first-order valence-electron chi connectivity index (χ1n) is 24.0. The number of rotatable bonds is 17. The Morgan fingerprint density at radius 2 is 1.36 bits per heavy atom. The number of ketones is 1. The topological polar surface area (TPSA) is 245 Å². The number of benzene rings is 3. The Morgan fingerprint density at radius 1 is 0.753 bits per heavy atom. The number of nitrogens with two attached hydrogens (primary N) is 1. The van der Waals surface area contributed by atoms with Crippen molar-refractivity contribution < 1.29 is 38.2 Å². The second-order valence-electron chi connectivity index (χ2n) is 17.6. The van der Waals surface area contributed by atoms with Gasteiger partial charge in [-0.05, 0) is 101 Å². The first-order chi connectivity index (χ1) is 35.2. The van der Waals surface area contributed by atoms with Gasteiger partial charge in [0.15, 0.2) is 5.78 Å². The number of amides is 4. The summed E-state index contributed by atoms with van der Waals surface area (Å²) in [6.45, 7) is 10.9. The lowest BCUT2D eigenvalue weighted by Crippen LogP contribution is -2.42. The number of piperidine rings is 1. The number of fused-ring (bicyclic) bond motifs is 2. The average Bonchev–Trinajstić information content (AvgIpc) is 4.16. The molecular weight excluding hydrogens is 933 g/mol. The van der Waals surface area contributed by atoms with E-state index in [9.17, 15) is 28.8 Å². The van der Waals surface area contributed by atoms with Crippen LogP contribution in [0.25, 0.3) is 22.1 Å². The third-order valence-electron chi connectivity index (χ3n) is 12.4. The van der Waals surface area contributed by atoms with Crippen LogP contribution in [0.2, 0.25) is 0 Å². The molecule has 4 amide bonds. The molecule has 5 heterocycles. The minimum atomic E-state index is -0.877. The lowest BCUT2D eigenvalue weighted by molar-refractivity contribution is -0.161. The van der Waals surface area contributed by atoms with Crippen LogP contribution >= 0.6 is 0 Å². The van der Waals surface area contributed by atoms with E-state index in [0.29, 0.717) is 95.8 Å². The molecule has 73 heavy (non-hydrogen) atoms. The fourth-order valence-electron chi connectivity index (χ4n) is 8.65. The summed E-state index contributed by atoms with van der Waals surface area (Å²) in [7, 11) is 0. The van der Waals surface area contributed by atoms with Gasteiger partial charge in [0.2, 0.25) is 17.8 Å². The van der Waals surface area contributed by atoms with Crippen molar-refractivity contribution in [3.05, 3.63) is 124 Å². The minimum Gasteiger partial charge on any atom is -0.479 e. The van der Waals surface area contributed by atoms with Gasteiger partial charge in [0.25, 0.3) is 11.8 Å². The van der Waals surface area contributed by atoms with Crippen LogP contribution in [0.5, 0.6) is 5.75 Å². The Kier molecular flexibility index (Phi) is 15.6. The maximum absolute atomic E-state index is 13.9. The average molecular weight is 989 g/mol. The Bertz CT molecular complexity index is 3340. The summed E-state index contributed by atoms with van der Waals surface area (Å²) >= 11 is 0. The summed E-state index contributed by atoms with van der Waals surface area (Å²) in [6.07, 6.45) is 5.57. The molecule has 7 aromatic rings. The summed E-state index contributed by atoms with van der Waals surface area (Å²) in [5.41, 5.74) is 11.2. The van der Waals surface area contributed by atoms with Crippen molar-refractivity contribution in [3.8, 4) is 17.6 Å². The summed E-state index contributed by atoms with van der Waals surface area (Å²) in [4.78, 5) is 88.8. The smallest absolute Gasteiger partial charge is 0.397 e. The van der Waals surface area contributed by atoms with Crippen LogP contribution in [-0.4, -0.2) is 98.6 Å². The molecular formula is C53H56N12O8. The normalized spacial score (nSPS) is 12.8. The van der Waals surface area contributed by atoms with Gasteiger partial charge in [-0.15, -0.1) is 0 Å². The van der Waals surface area contributed by atoms with Crippen LogP contribution in [0, 0.1) is 31.6 Å². The Hall–Kier alpha value is -8.86. The maximum Gasteiger partial charge on any atom is 0.397 e. The fraction of sp³-hybridized carbons (Fsp3) is 0.321. The molecule has 1 saturated heterocycles. The van der Waals surface area contributed by atoms with Gasteiger partial charge < -0.3 is 29.2 Å². The minimum absolute atomic E-state index is 0.0238. The van der Waals surface area contributed by atoms with Crippen LogP contribution in [0.3, 0.4) is 0 Å². The molecule has 4 aromatic heterocycles. The van der Waals surface area contributed by atoms with Gasteiger partial charge in [-0.1, -0.05) is 54.3 Å². The van der Waals surface area contributed by atoms with Crippen molar-refractivity contribution in [2.45, 2.75) is 86.7 Å². The number of hydrogen-bond donors (Lipinski definition) is 3. The second-order valence-corrected chi connectivity index (χ2v) is 17.6. The number of carbonyl (C=O) groups is 6. The molecule has 0 radical (unpaired) electrons. The van der Waals surface area contributed by atoms with Gasteiger partial charge in [0, 0.05) is 56.8 Å². The van der Waals surface area contributed by atoms with Gasteiger partial charge in [-0.2, -0.15) is 10.2 Å². The van der Waals surface area contributed by atoms with E-state index >= 15 is 0 Å². The summed E-state index contributed by atoms with van der Waals surface area (Å²) in [6, 6.07) is 20.8. The lowest BCUT2D eigenvalue weighted by atomic mass is 9.94. The number of primary amides is 1. The quantitative estimate of drug-likeness (QED) is 0.0301. The van der Waals surface area contributed by atoms with Crippen molar-refractivity contribution in [2.24, 2.45) is 11.7 Å². The highest BCUT2D eigenvalue weighted by molar-refractivity contribution is 6.32. The van der Waals surface area contributed by atoms with Crippen molar-refractivity contribution >= 4 is 69.3 Å². The van der Waals surface area contributed by atoms with E-state index in [1.165, 1.54) is 24.0 Å². The monoisotopic (exact) mass is 988 g/mol. The molecule has 20 heteroatoms. The van der Waals surface area contributed by atoms with Crippen LogP contribution in [0.4, 0.5) is 11.9 Å². The second kappa shape index (κ2) is 22.5. The van der Waals surface area contributed by atoms with E-state index in [2.05, 4.69) is 32.7 Å². The molecule has 20 nitrogen and oxygen atoms in total. The van der Waals surface area contributed by atoms with Gasteiger partial charge in [0.05, 0.1) is 27.9 Å². The predicted octanol–water partition coefficient (Wildman–Crippen LogP) is 6.25. The number of Topliss-reactive ketones (excluding diaryl/α,β-unsaturated/α-hetero) is 1. The number of aryl methyl sites for hydroxylation is 4. The first-order valence-corrected chi connectivity index (χ1v) is 24.0. The van der Waals surface area contributed by atoms with Crippen molar-refractivity contribution in [2.75, 3.05) is 30.3 Å². The Morgan fingerprint density at radius 3 is 1.97 bits per heavy atom. The molecule has 1 fully saturated rings. The third-order valence-corrected chi connectivity index (χ3v) is 12.4. The standard InChI is InChI=1S/C53H56N12O8/c1-6-64-43(27-33(3)59-64)48(68)57-52-55-40-29-38(35(5)66)18-19-42(40)62(52)22-12-13-23-63-46-41(56-53(63)58-49(69)44-28-34(4)60-65(44)7-2)30-39(47(54)67)31-45(46)72-26-14-11-15-36-20-24-61(25-21-36)50(70)51(71)73-32-37-16-9-8-10-17-37/h8-10,12-13,16-19,27-31,36H,6-7,15,20-26,32H2,1-5H3,(H2,54,67)(H,55,57,68)(H,56,58,69)/b13-12+. The number of imidazole rings is 2. The Balaban J connectivity index is 1.02. The zero-order valence-electron chi connectivity index (χ0n) is 41.3. The number of ether oxygens (including phenoxy) is 2. The highest BCUT2D eigenvalue weighted by atomic mass is 16.5. The van der Waals surface area contributed by atoms with Gasteiger partial charge in [0.1, 0.15) is 35.9 Å². The molecule has 4 N–H and O–H groups in total. The van der Waals surface area contributed by atoms with Crippen LogP contribution in [-0.2, 0) is 47.1 Å². The largest absolute Gasteiger partial charge is 0.479 e. The molecule has 0 saturated carbocycles. The molecule has 1 aliphatic rings. The number of aromatic nitrogens is 8. The van der Waals surface area contributed by atoms with Gasteiger partial charge in [-0.3, -0.25) is 44.0 Å². The number of nitrogens with one attached hydrogen (secondary N) is 2. The molecule has 0 bridgehead atoms. The van der Waals surface area contributed by atoms with E-state index in [1.54, 1.807) is 51.2 Å². The number of likely N-dealkylation sites (tertiary alicyclic amines) is 1. The highest BCUT2D eigenvalue weighted by Crippen LogP contribution is 2.32. The lowest BCUT2D eigenvalue weighted by Gasteiger charge is -2.30. The third kappa shape index (κ3) is 11.7.